The number of likely N-dealkylation sites (tertiary alicyclic amines) is 1. The van der Waals surface area contributed by atoms with E-state index in [1.807, 2.05) is 0 Å². The summed E-state index contributed by atoms with van der Waals surface area (Å²) in [6, 6.07) is 6.09. The van der Waals surface area contributed by atoms with Gasteiger partial charge in [0.1, 0.15) is 11.7 Å². The average Bonchev–Trinajstić information content (AvgIpc) is 3.32. The lowest BCUT2D eigenvalue weighted by Gasteiger charge is -2.26. The maximum Gasteiger partial charge on any atom is 0.416 e. The highest BCUT2D eigenvalue weighted by molar-refractivity contribution is 5.87. The Morgan fingerprint density at radius 2 is 1.86 bits per heavy atom. The van der Waals surface area contributed by atoms with E-state index in [2.05, 4.69) is 15.2 Å². The number of pyridine rings is 1. The number of ether oxygens (including phenoxy) is 1. The van der Waals surface area contributed by atoms with Gasteiger partial charge < -0.3 is 19.4 Å². The Bertz CT molecular complexity index is 1250. The van der Waals surface area contributed by atoms with Crippen LogP contribution in [-0.4, -0.2) is 47.6 Å². The van der Waals surface area contributed by atoms with E-state index in [1.54, 1.807) is 18.3 Å². The fourth-order valence-electron chi connectivity index (χ4n) is 4.44. The van der Waals surface area contributed by atoms with Crippen LogP contribution in [-0.2, 0) is 23.3 Å². The van der Waals surface area contributed by atoms with Crippen LogP contribution >= 0.6 is 0 Å². The van der Waals surface area contributed by atoms with Gasteiger partial charge in [-0.2, -0.15) is 22.0 Å². The first-order valence-electron chi connectivity index (χ1n) is 12.2. The molecule has 1 amide bonds. The van der Waals surface area contributed by atoms with Crippen LogP contribution in [0.2, 0.25) is 0 Å². The normalized spacial score (nSPS) is 17.8. The third kappa shape index (κ3) is 6.03. The average molecular weight is 524 g/mol. The van der Waals surface area contributed by atoms with Crippen LogP contribution < -0.4 is 10.1 Å². The Labute approximate surface area is 209 Å². The molecule has 198 valence electrons. The number of alkyl halides is 5. The molecule has 0 radical (unpaired) electrons. The number of hydrogen-bond acceptors (Lipinski definition) is 5. The summed E-state index contributed by atoms with van der Waals surface area (Å²) in [5, 5.41) is 2.28. The van der Waals surface area contributed by atoms with Gasteiger partial charge in [-0.3, -0.25) is 4.79 Å². The first-order chi connectivity index (χ1) is 17.6. The number of nitrogens with one attached hydrogen (secondary N) is 1. The number of carbonyl (C=O) groups excluding carboxylic acids is 1. The highest BCUT2D eigenvalue weighted by Gasteiger charge is 2.45. The molecular weight excluding hydrogens is 497 g/mol. The monoisotopic (exact) mass is 523 g/mol. The summed E-state index contributed by atoms with van der Waals surface area (Å²) in [4.78, 5) is 19.1. The van der Waals surface area contributed by atoms with Gasteiger partial charge in [0.2, 0.25) is 5.88 Å². The molecule has 3 heterocycles. The molecule has 11 heteroatoms. The summed E-state index contributed by atoms with van der Waals surface area (Å²) in [6.07, 6.45) is 1.41. The van der Waals surface area contributed by atoms with Crippen molar-refractivity contribution in [2.75, 3.05) is 19.6 Å². The first-order valence-corrected chi connectivity index (χ1v) is 12.2. The molecular formula is C26H26F5N3O3. The van der Waals surface area contributed by atoms with Gasteiger partial charge >= 0.3 is 12.1 Å². The highest BCUT2D eigenvalue weighted by atomic mass is 19.4. The minimum absolute atomic E-state index is 0.162. The molecule has 2 aromatic heterocycles. The fourth-order valence-corrected chi connectivity index (χ4v) is 4.44. The van der Waals surface area contributed by atoms with Crippen LogP contribution in [0.1, 0.15) is 42.6 Å². The lowest BCUT2D eigenvalue weighted by Crippen LogP contribution is -2.49. The minimum Gasteiger partial charge on any atom is -0.474 e. The number of furan rings is 1. The van der Waals surface area contributed by atoms with Crippen molar-refractivity contribution in [2.24, 2.45) is 0 Å². The van der Waals surface area contributed by atoms with E-state index in [4.69, 9.17) is 9.15 Å². The zero-order chi connectivity index (χ0) is 26.2. The van der Waals surface area contributed by atoms with Crippen molar-refractivity contribution in [3.8, 4) is 5.88 Å². The summed E-state index contributed by atoms with van der Waals surface area (Å²) in [5.41, 5.74) is -0.406. The summed E-state index contributed by atoms with van der Waals surface area (Å²) < 4.78 is 80.0. The van der Waals surface area contributed by atoms with E-state index in [1.165, 1.54) is 0 Å². The first kappa shape index (κ1) is 25.4. The molecule has 1 aromatic carbocycles. The molecule has 1 aliphatic heterocycles. The molecule has 1 saturated carbocycles. The summed E-state index contributed by atoms with van der Waals surface area (Å²) in [6.45, 7) is 1.98. The third-order valence-corrected chi connectivity index (χ3v) is 6.54. The van der Waals surface area contributed by atoms with Gasteiger partial charge in [-0.25, -0.2) is 4.98 Å². The van der Waals surface area contributed by atoms with Crippen LogP contribution in [0.15, 0.2) is 47.0 Å². The predicted molar refractivity (Wildman–Crippen MR) is 124 cm³/mol. The largest absolute Gasteiger partial charge is 0.474 e. The van der Waals surface area contributed by atoms with Crippen molar-refractivity contribution >= 4 is 16.9 Å². The minimum atomic E-state index is -4.63. The van der Waals surface area contributed by atoms with Gasteiger partial charge in [-0.1, -0.05) is 6.07 Å². The van der Waals surface area contributed by atoms with Crippen LogP contribution in [0, 0.1) is 0 Å². The lowest BCUT2D eigenvalue weighted by atomic mass is 10.1. The molecule has 6 nitrogen and oxygen atoms in total. The zero-order valence-corrected chi connectivity index (χ0v) is 19.9. The van der Waals surface area contributed by atoms with Crippen molar-refractivity contribution < 1.29 is 35.9 Å². The molecule has 37 heavy (non-hydrogen) atoms. The number of amides is 1. The molecule has 0 spiro atoms. The van der Waals surface area contributed by atoms with Crippen molar-refractivity contribution in [2.45, 2.75) is 56.3 Å². The summed E-state index contributed by atoms with van der Waals surface area (Å²) in [5.74, 6) is -6.17. The Hall–Kier alpha value is -3.21. The third-order valence-electron chi connectivity index (χ3n) is 6.54. The molecule has 3 aromatic rings. The number of benzene rings is 1. The number of carbonyl (C=O) groups is 1. The van der Waals surface area contributed by atoms with Gasteiger partial charge in [0.25, 0.3) is 5.91 Å². The van der Waals surface area contributed by atoms with E-state index in [9.17, 15) is 18.0 Å². The van der Waals surface area contributed by atoms with Gasteiger partial charge in [-0.15, -0.1) is 0 Å². The van der Waals surface area contributed by atoms with E-state index >= 15 is 8.78 Å². The Morgan fingerprint density at radius 1 is 1.11 bits per heavy atom. The number of nitrogens with zero attached hydrogens (tertiary/aromatic N) is 2. The Kier molecular flexibility index (Phi) is 6.82. The topological polar surface area (TPSA) is 67.6 Å². The number of fused-ring (bicyclic) bond motifs is 1. The molecule has 0 bridgehead atoms. The Morgan fingerprint density at radius 3 is 2.51 bits per heavy atom. The van der Waals surface area contributed by atoms with Crippen molar-refractivity contribution in [3.05, 3.63) is 59.5 Å². The van der Waals surface area contributed by atoms with Crippen LogP contribution in [0.5, 0.6) is 5.88 Å². The van der Waals surface area contributed by atoms with E-state index < -0.39 is 35.4 Å². The van der Waals surface area contributed by atoms with Gasteiger partial charge in [0, 0.05) is 30.2 Å². The second-order valence-corrected chi connectivity index (χ2v) is 9.64. The molecule has 0 unspecified atom stereocenters. The molecule has 1 atom stereocenters. The number of hydrogen-bond donors (Lipinski definition) is 1. The Balaban J connectivity index is 1.32. The summed E-state index contributed by atoms with van der Waals surface area (Å²) >= 11 is 0. The molecule has 2 fully saturated rings. The maximum absolute atomic E-state index is 15.1. The highest BCUT2D eigenvalue weighted by Crippen LogP contribution is 2.36. The number of aromatic nitrogens is 1. The van der Waals surface area contributed by atoms with Crippen LogP contribution in [0.4, 0.5) is 22.0 Å². The van der Waals surface area contributed by atoms with E-state index in [-0.39, 0.29) is 23.5 Å². The molecule has 5 rings (SSSR count). The smallest absolute Gasteiger partial charge is 0.416 e. The standard InChI is InChI=1S/C26H26F5N3O3/c27-25(28,22-13-17-12-18(26(29,30)31)4-7-21(17)37-22)24(35)33-19(15-34-9-1-2-10-34)11-16-3-8-23(32-14-16)36-20-5-6-20/h3-4,7-8,12-14,19-20H,1-2,5-6,9-11,15H2,(H,33,35)/t19-/m0/s1. The van der Waals surface area contributed by atoms with Crippen molar-refractivity contribution in [1.82, 2.24) is 15.2 Å². The molecule has 1 aliphatic carbocycles. The summed E-state index contributed by atoms with van der Waals surface area (Å²) in [7, 11) is 0. The number of rotatable bonds is 9. The second-order valence-electron chi connectivity index (χ2n) is 9.64. The SMILES string of the molecule is O=C(N[C@@H](Cc1ccc(OC2CC2)nc1)CN1CCCC1)C(F)(F)c1cc2cc(C(F)(F)F)ccc2o1. The lowest BCUT2D eigenvalue weighted by molar-refractivity contribution is -0.150. The van der Waals surface area contributed by atoms with E-state index in [0.29, 0.717) is 12.4 Å². The van der Waals surface area contributed by atoms with Crippen LogP contribution in [0.25, 0.3) is 11.0 Å². The van der Waals surface area contributed by atoms with Gasteiger partial charge in [0.05, 0.1) is 5.56 Å². The second kappa shape index (κ2) is 9.92. The predicted octanol–water partition coefficient (Wildman–Crippen LogP) is 5.30. The van der Waals surface area contributed by atoms with Crippen LogP contribution in [0.3, 0.4) is 0 Å². The molecule has 1 saturated heterocycles. The number of halogens is 5. The van der Waals surface area contributed by atoms with Crippen molar-refractivity contribution in [3.63, 3.8) is 0 Å². The van der Waals surface area contributed by atoms with E-state index in [0.717, 1.165) is 68.6 Å². The molecule has 2 aliphatic rings. The molecule has 1 N–H and O–H groups in total. The quantitative estimate of drug-likeness (QED) is 0.386. The zero-order valence-electron chi connectivity index (χ0n) is 19.9. The van der Waals surface area contributed by atoms with Crippen molar-refractivity contribution in [1.29, 1.82) is 0 Å². The maximum atomic E-state index is 15.1. The fraction of sp³-hybridized carbons (Fsp3) is 0.462. The van der Waals surface area contributed by atoms with Gasteiger partial charge in [0.15, 0.2) is 5.76 Å². The van der Waals surface area contributed by atoms with Gasteiger partial charge in [-0.05, 0) is 75.0 Å².